The van der Waals surface area contributed by atoms with Crippen LogP contribution in [0.2, 0.25) is 0 Å². The molecule has 0 aliphatic heterocycles. The molecule has 1 aromatic carbocycles. The average Bonchev–Trinajstić information content (AvgIpc) is 3.33. The van der Waals surface area contributed by atoms with Crippen LogP contribution in [-0.4, -0.2) is 22.6 Å². The van der Waals surface area contributed by atoms with Crippen molar-refractivity contribution in [2.45, 2.75) is 53.4 Å². The molecule has 0 radical (unpaired) electrons. The molecular weight excluding hydrogens is 325 g/mol. The first-order valence-corrected chi connectivity index (χ1v) is 9.99. The zero-order valence-electron chi connectivity index (χ0n) is 15.1. The van der Waals surface area contributed by atoms with Crippen molar-refractivity contribution in [3.05, 3.63) is 29.6 Å². The van der Waals surface area contributed by atoms with Crippen LogP contribution < -0.4 is 4.74 Å². The van der Waals surface area contributed by atoms with Gasteiger partial charge in [-0.1, -0.05) is 38.5 Å². The Morgan fingerprint density at radius 2 is 2.08 bits per heavy atom. The lowest BCUT2D eigenvalue weighted by atomic mass is 9.85. The first-order chi connectivity index (χ1) is 11.3. The van der Waals surface area contributed by atoms with E-state index >= 15 is 0 Å². The van der Waals surface area contributed by atoms with Gasteiger partial charge < -0.3 is 9.29 Å². The van der Waals surface area contributed by atoms with Crippen molar-refractivity contribution < 1.29 is 13.7 Å². The Morgan fingerprint density at radius 3 is 2.67 bits per heavy atom. The third kappa shape index (κ3) is 5.78. The Labute approximate surface area is 148 Å². The van der Waals surface area contributed by atoms with E-state index in [9.17, 15) is 8.94 Å². The first kappa shape index (κ1) is 19.3. The van der Waals surface area contributed by atoms with Crippen LogP contribution in [0.1, 0.15) is 58.9 Å². The normalized spacial score (nSPS) is 17.0. The highest BCUT2D eigenvalue weighted by atomic mass is 32.2. The zero-order chi connectivity index (χ0) is 17.7. The fourth-order valence-corrected chi connectivity index (χ4v) is 3.50. The van der Waals surface area contributed by atoms with E-state index in [4.69, 9.17) is 4.74 Å². The van der Waals surface area contributed by atoms with E-state index in [0.717, 1.165) is 37.0 Å². The standard InChI is InChI=1S/C19H28FNO2S/c1-5-6-11-24(22)21-18(19(2,3)4)15-9-10-16(20)17(12-15)23-13-14-7-8-14/h9-10,12,14H,5-8,11,13H2,1-4H3. The molecule has 2 rings (SSSR count). The second-order valence-electron chi connectivity index (χ2n) is 7.47. The van der Waals surface area contributed by atoms with Gasteiger partial charge in [0, 0.05) is 11.0 Å². The predicted octanol–water partition coefficient (Wildman–Crippen LogP) is 4.91. The summed E-state index contributed by atoms with van der Waals surface area (Å²) in [5.74, 6) is 1.02. The summed E-state index contributed by atoms with van der Waals surface area (Å²) in [5.41, 5.74) is 1.22. The number of rotatable bonds is 8. The summed E-state index contributed by atoms with van der Waals surface area (Å²) < 4.78 is 36.3. The maximum absolute atomic E-state index is 14.0. The molecule has 0 saturated heterocycles. The molecule has 1 aliphatic carbocycles. The number of unbranched alkanes of at least 4 members (excludes halogenated alkanes) is 1. The van der Waals surface area contributed by atoms with E-state index in [1.54, 1.807) is 12.1 Å². The van der Waals surface area contributed by atoms with E-state index < -0.39 is 11.4 Å². The van der Waals surface area contributed by atoms with Crippen molar-refractivity contribution in [1.82, 2.24) is 0 Å². The topological polar surface area (TPSA) is 44.7 Å². The number of nitrogens with zero attached hydrogens (tertiary/aromatic N) is 1. The smallest absolute Gasteiger partial charge is 0.165 e. The van der Waals surface area contributed by atoms with Crippen LogP contribution in [0.25, 0.3) is 0 Å². The summed E-state index contributed by atoms with van der Waals surface area (Å²) in [6, 6.07) is 4.80. The highest BCUT2D eigenvalue weighted by molar-refractivity contribution is 7.90. The highest BCUT2D eigenvalue weighted by Crippen LogP contribution is 2.31. The minimum atomic E-state index is -1.26. The Hall–Kier alpha value is -1.07. The van der Waals surface area contributed by atoms with E-state index in [1.165, 1.54) is 6.07 Å². The lowest BCUT2D eigenvalue weighted by Crippen LogP contribution is -2.24. The van der Waals surface area contributed by atoms with Crippen LogP contribution in [0.4, 0.5) is 4.39 Å². The molecule has 1 aromatic rings. The first-order valence-electron chi connectivity index (χ1n) is 8.71. The van der Waals surface area contributed by atoms with Gasteiger partial charge in [0.15, 0.2) is 11.6 Å². The van der Waals surface area contributed by atoms with Crippen molar-refractivity contribution in [1.29, 1.82) is 0 Å². The fraction of sp³-hybridized carbons (Fsp3) is 0.632. The molecule has 0 amide bonds. The zero-order valence-corrected chi connectivity index (χ0v) is 15.9. The number of hydrogen-bond acceptors (Lipinski definition) is 3. The second kappa shape index (κ2) is 8.34. The summed E-state index contributed by atoms with van der Waals surface area (Å²) in [6.07, 6.45) is 4.19. The molecule has 134 valence electrons. The molecule has 24 heavy (non-hydrogen) atoms. The lowest BCUT2D eigenvalue weighted by molar-refractivity contribution is 0.285. The Bertz CT molecular complexity index is 579. The number of halogens is 1. The Kier molecular flexibility index (Phi) is 6.70. The maximum atomic E-state index is 14.0. The monoisotopic (exact) mass is 353 g/mol. The van der Waals surface area contributed by atoms with Gasteiger partial charge >= 0.3 is 0 Å². The number of ether oxygens (including phenoxy) is 1. The molecule has 1 fully saturated rings. The van der Waals surface area contributed by atoms with E-state index in [-0.39, 0.29) is 17.0 Å². The molecule has 1 unspecified atom stereocenters. The van der Waals surface area contributed by atoms with Crippen molar-refractivity contribution in [3.8, 4) is 5.75 Å². The molecule has 0 heterocycles. The largest absolute Gasteiger partial charge is 0.591 e. The van der Waals surface area contributed by atoms with Crippen LogP contribution in [0, 0.1) is 17.2 Å². The molecule has 3 nitrogen and oxygen atoms in total. The SMILES string of the molecule is CCCC[S+]([O-])N=C(c1ccc(F)c(OCC2CC2)c1)C(C)(C)C. The van der Waals surface area contributed by atoms with Crippen molar-refractivity contribution in [3.63, 3.8) is 0 Å². The summed E-state index contributed by atoms with van der Waals surface area (Å²) in [7, 11) is 0. The molecule has 1 aliphatic rings. The highest BCUT2D eigenvalue weighted by Gasteiger charge is 2.26. The maximum Gasteiger partial charge on any atom is 0.165 e. The molecule has 1 atom stereocenters. The van der Waals surface area contributed by atoms with Gasteiger partial charge in [-0.25, -0.2) is 4.39 Å². The van der Waals surface area contributed by atoms with Crippen LogP contribution in [0.3, 0.4) is 0 Å². The number of hydrogen-bond donors (Lipinski definition) is 0. The quantitative estimate of drug-likeness (QED) is 0.492. The van der Waals surface area contributed by atoms with Crippen LogP contribution in [-0.2, 0) is 11.4 Å². The minimum absolute atomic E-state index is 0.260. The molecule has 0 bridgehead atoms. The summed E-state index contributed by atoms with van der Waals surface area (Å²) in [6.45, 7) is 8.70. The summed E-state index contributed by atoms with van der Waals surface area (Å²) in [4.78, 5) is 0. The van der Waals surface area contributed by atoms with Crippen molar-refractivity contribution >= 4 is 17.1 Å². The van der Waals surface area contributed by atoms with Gasteiger partial charge in [0.25, 0.3) is 0 Å². The molecule has 0 spiro atoms. The molecule has 0 aromatic heterocycles. The van der Waals surface area contributed by atoms with E-state index in [2.05, 4.69) is 11.3 Å². The van der Waals surface area contributed by atoms with Gasteiger partial charge in [-0.05, 0) is 43.4 Å². The van der Waals surface area contributed by atoms with Crippen LogP contribution >= 0.6 is 0 Å². The van der Waals surface area contributed by atoms with Crippen LogP contribution in [0.15, 0.2) is 22.6 Å². The minimum Gasteiger partial charge on any atom is -0.591 e. The molecular formula is C19H28FNO2S. The van der Waals surface area contributed by atoms with Crippen molar-refractivity contribution in [2.24, 2.45) is 15.7 Å². The average molecular weight is 354 g/mol. The van der Waals surface area contributed by atoms with Gasteiger partial charge in [-0.15, -0.1) is 0 Å². The fourth-order valence-electron chi connectivity index (χ4n) is 2.29. The van der Waals surface area contributed by atoms with Gasteiger partial charge in [-0.2, -0.15) is 0 Å². The summed E-state index contributed by atoms with van der Waals surface area (Å²) in [5, 5.41) is 0. The predicted molar refractivity (Wildman–Crippen MR) is 98.5 cm³/mol. The second-order valence-corrected chi connectivity index (χ2v) is 8.70. The Morgan fingerprint density at radius 1 is 1.38 bits per heavy atom. The summed E-state index contributed by atoms with van der Waals surface area (Å²) >= 11 is -1.26. The molecule has 0 N–H and O–H groups in total. The van der Waals surface area contributed by atoms with Crippen LogP contribution in [0.5, 0.6) is 5.75 Å². The third-order valence-electron chi connectivity index (χ3n) is 3.95. The molecule has 5 heteroatoms. The van der Waals surface area contributed by atoms with Crippen molar-refractivity contribution in [2.75, 3.05) is 12.4 Å². The van der Waals surface area contributed by atoms with Gasteiger partial charge in [0.2, 0.25) is 0 Å². The Balaban J connectivity index is 2.24. The van der Waals surface area contributed by atoms with E-state index in [1.807, 2.05) is 20.8 Å². The third-order valence-corrected chi connectivity index (χ3v) is 4.98. The number of benzene rings is 1. The lowest BCUT2D eigenvalue weighted by Gasteiger charge is -2.22. The molecule has 1 saturated carbocycles. The van der Waals surface area contributed by atoms with E-state index in [0.29, 0.717) is 18.3 Å². The van der Waals surface area contributed by atoms with Gasteiger partial charge in [0.1, 0.15) is 11.5 Å². The van der Waals surface area contributed by atoms with Gasteiger partial charge in [0.05, 0.1) is 18.0 Å². The van der Waals surface area contributed by atoms with Gasteiger partial charge in [-0.3, -0.25) is 0 Å².